The van der Waals surface area contributed by atoms with Crippen molar-refractivity contribution in [2.75, 3.05) is 32.7 Å². The maximum absolute atomic E-state index is 3.47. The second-order valence-corrected chi connectivity index (χ2v) is 7.31. The maximum atomic E-state index is 3.47. The number of hydrogen-bond donors (Lipinski definition) is 1. The highest BCUT2D eigenvalue weighted by Gasteiger charge is 2.19. The van der Waals surface area contributed by atoms with E-state index in [1.165, 1.54) is 83.2 Å². The number of hydrogen-bond acceptors (Lipinski definition) is 2. The molecule has 2 saturated heterocycles. The molecule has 1 N–H and O–H groups in total. The number of likely N-dealkylation sites (tertiary alicyclic amines) is 1. The SMILES string of the molecule is c1ccc(CC2CCN(CCCC3CCNCC3)CC2)cc1. The molecule has 0 unspecified atom stereocenters. The van der Waals surface area contributed by atoms with Crippen LogP contribution < -0.4 is 5.32 Å². The number of benzene rings is 1. The molecule has 1 aromatic rings. The normalized spacial score (nSPS) is 22.0. The summed E-state index contributed by atoms with van der Waals surface area (Å²) in [4.78, 5) is 2.71. The molecular weight excluding hydrogens is 268 g/mol. The van der Waals surface area contributed by atoms with E-state index in [2.05, 4.69) is 40.5 Å². The Kier molecular flexibility index (Phi) is 6.32. The van der Waals surface area contributed by atoms with E-state index in [9.17, 15) is 0 Å². The molecule has 22 heavy (non-hydrogen) atoms. The molecule has 1 aromatic carbocycles. The van der Waals surface area contributed by atoms with Crippen LogP contribution in [0.5, 0.6) is 0 Å². The highest BCUT2D eigenvalue weighted by Crippen LogP contribution is 2.23. The molecule has 2 aliphatic rings. The van der Waals surface area contributed by atoms with Gasteiger partial charge in [0.2, 0.25) is 0 Å². The molecule has 0 atom stereocenters. The van der Waals surface area contributed by atoms with E-state index in [4.69, 9.17) is 0 Å². The van der Waals surface area contributed by atoms with E-state index in [-0.39, 0.29) is 0 Å². The van der Waals surface area contributed by atoms with Crippen LogP contribution in [0.25, 0.3) is 0 Å². The van der Waals surface area contributed by atoms with Crippen molar-refractivity contribution >= 4 is 0 Å². The van der Waals surface area contributed by atoms with E-state index in [1.54, 1.807) is 0 Å². The Labute approximate surface area is 136 Å². The lowest BCUT2D eigenvalue weighted by atomic mass is 9.89. The van der Waals surface area contributed by atoms with Gasteiger partial charge in [-0.05, 0) is 95.1 Å². The van der Waals surface area contributed by atoms with Crippen molar-refractivity contribution in [3.8, 4) is 0 Å². The number of nitrogens with zero attached hydrogens (tertiary/aromatic N) is 1. The zero-order valence-corrected chi connectivity index (χ0v) is 14.0. The number of nitrogens with one attached hydrogen (secondary N) is 1. The van der Waals surface area contributed by atoms with Gasteiger partial charge in [0.1, 0.15) is 0 Å². The molecule has 2 nitrogen and oxygen atoms in total. The molecule has 0 aliphatic carbocycles. The van der Waals surface area contributed by atoms with Gasteiger partial charge in [0.05, 0.1) is 0 Å². The molecule has 2 heteroatoms. The molecule has 0 spiro atoms. The van der Waals surface area contributed by atoms with E-state index >= 15 is 0 Å². The molecule has 122 valence electrons. The average molecular weight is 300 g/mol. The van der Waals surface area contributed by atoms with Crippen LogP contribution >= 0.6 is 0 Å². The number of piperidine rings is 2. The van der Waals surface area contributed by atoms with Crippen LogP contribution in [0.4, 0.5) is 0 Å². The summed E-state index contributed by atoms with van der Waals surface area (Å²) >= 11 is 0. The summed E-state index contributed by atoms with van der Waals surface area (Å²) in [7, 11) is 0. The molecule has 2 heterocycles. The Morgan fingerprint density at radius 3 is 2.36 bits per heavy atom. The van der Waals surface area contributed by atoms with Gasteiger partial charge in [0.15, 0.2) is 0 Å². The Bertz CT molecular complexity index is 403. The fraction of sp³-hybridized carbons (Fsp3) is 0.700. The highest BCUT2D eigenvalue weighted by atomic mass is 15.1. The molecule has 3 rings (SSSR count). The van der Waals surface area contributed by atoms with Crippen molar-refractivity contribution in [1.82, 2.24) is 10.2 Å². The zero-order valence-electron chi connectivity index (χ0n) is 14.0. The van der Waals surface area contributed by atoms with Gasteiger partial charge in [-0.15, -0.1) is 0 Å². The first-order valence-corrected chi connectivity index (χ1v) is 9.37. The van der Waals surface area contributed by atoms with Crippen molar-refractivity contribution in [1.29, 1.82) is 0 Å². The van der Waals surface area contributed by atoms with Gasteiger partial charge in [0.25, 0.3) is 0 Å². The summed E-state index contributed by atoms with van der Waals surface area (Å²) in [5.74, 6) is 1.90. The quantitative estimate of drug-likeness (QED) is 0.861. The Hall–Kier alpha value is -0.860. The molecule has 2 aliphatic heterocycles. The van der Waals surface area contributed by atoms with Gasteiger partial charge in [0, 0.05) is 0 Å². The summed E-state index contributed by atoms with van der Waals surface area (Å²) in [5.41, 5.74) is 1.52. The average Bonchev–Trinajstić information content (AvgIpc) is 2.58. The van der Waals surface area contributed by atoms with E-state index in [0.717, 1.165) is 11.8 Å². The van der Waals surface area contributed by atoms with Gasteiger partial charge >= 0.3 is 0 Å². The lowest BCUT2D eigenvalue weighted by Gasteiger charge is -2.32. The smallest absolute Gasteiger partial charge is 0.00160 e. The standard InChI is InChI=1S/C20H32N2/c1-2-5-19(6-3-1)17-20-10-15-22(16-11-20)14-4-7-18-8-12-21-13-9-18/h1-3,5-6,18,20-21H,4,7-17H2. The molecule has 0 radical (unpaired) electrons. The first kappa shape index (κ1) is 16.0. The fourth-order valence-electron chi connectivity index (χ4n) is 4.14. The lowest BCUT2D eigenvalue weighted by Crippen LogP contribution is -2.35. The predicted octanol–water partition coefficient (Wildman–Crippen LogP) is 3.72. The van der Waals surface area contributed by atoms with E-state index in [1.807, 2.05) is 0 Å². The van der Waals surface area contributed by atoms with Gasteiger partial charge < -0.3 is 10.2 Å². The Morgan fingerprint density at radius 1 is 0.909 bits per heavy atom. The summed E-state index contributed by atoms with van der Waals surface area (Å²) in [6, 6.07) is 11.0. The van der Waals surface area contributed by atoms with Crippen LogP contribution in [-0.4, -0.2) is 37.6 Å². The van der Waals surface area contributed by atoms with Gasteiger partial charge in [-0.2, -0.15) is 0 Å². The predicted molar refractivity (Wildman–Crippen MR) is 94.1 cm³/mol. The lowest BCUT2D eigenvalue weighted by molar-refractivity contribution is 0.176. The van der Waals surface area contributed by atoms with Gasteiger partial charge in [-0.3, -0.25) is 0 Å². The third kappa shape index (κ3) is 5.10. The summed E-state index contributed by atoms with van der Waals surface area (Å²) < 4.78 is 0. The van der Waals surface area contributed by atoms with E-state index in [0.29, 0.717) is 0 Å². The van der Waals surface area contributed by atoms with Crippen molar-refractivity contribution in [2.24, 2.45) is 11.8 Å². The third-order valence-electron chi connectivity index (χ3n) is 5.62. The zero-order chi connectivity index (χ0) is 15.0. The van der Waals surface area contributed by atoms with Crippen LogP contribution in [0.1, 0.15) is 44.1 Å². The van der Waals surface area contributed by atoms with Crippen molar-refractivity contribution in [3.63, 3.8) is 0 Å². The summed E-state index contributed by atoms with van der Waals surface area (Å²) in [5, 5.41) is 3.47. The summed E-state index contributed by atoms with van der Waals surface area (Å²) in [6.07, 6.45) is 9.73. The second-order valence-electron chi connectivity index (χ2n) is 7.31. The van der Waals surface area contributed by atoms with Crippen molar-refractivity contribution < 1.29 is 0 Å². The molecule has 2 fully saturated rings. The summed E-state index contributed by atoms with van der Waals surface area (Å²) in [6.45, 7) is 6.47. The van der Waals surface area contributed by atoms with Crippen LogP contribution in [0.2, 0.25) is 0 Å². The van der Waals surface area contributed by atoms with Gasteiger partial charge in [-0.25, -0.2) is 0 Å². The third-order valence-corrected chi connectivity index (χ3v) is 5.62. The maximum Gasteiger partial charge on any atom is -0.00160 e. The minimum atomic E-state index is 0.906. The fourth-order valence-corrected chi connectivity index (χ4v) is 4.14. The van der Waals surface area contributed by atoms with Crippen LogP contribution in [0.3, 0.4) is 0 Å². The molecule has 0 bridgehead atoms. The van der Waals surface area contributed by atoms with E-state index < -0.39 is 0 Å². The molecule has 0 saturated carbocycles. The minimum absolute atomic E-state index is 0.906. The highest BCUT2D eigenvalue weighted by molar-refractivity contribution is 5.15. The van der Waals surface area contributed by atoms with Crippen LogP contribution in [-0.2, 0) is 6.42 Å². The number of rotatable bonds is 6. The Morgan fingerprint density at radius 2 is 1.64 bits per heavy atom. The molecular formula is C20H32N2. The van der Waals surface area contributed by atoms with Crippen LogP contribution in [0, 0.1) is 11.8 Å². The first-order chi connectivity index (χ1) is 10.9. The topological polar surface area (TPSA) is 15.3 Å². The minimum Gasteiger partial charge on any atom is -0.317 e. The largest absolute Gasteiger partial charge is 0.317 e. The monoisotopic (exact) mass is 300 g/mol. The van der Waals surface area contributed by atoms with Gasteiger partial charge in [-0.1, -0.05) is 30.3 Å². The van der Waals surface area contributed by atoms with Crippen molar-refractivity contribution in [2.45, 2.75) is 44.9 Å². The molecule has 0 amide bonds. The van der Waals surface area contributed by atoms with Crippen LogP contribution in [0.15, 0.2) is 30.3 Å². The molecule has 0 aromatic heterocycles. The Balaban J connectivity index is 1.30. The van der Waals surface area contributed by atoms with Crippen molar-refractivity contribution in [3.05, 3.63) is 35.9 Å². The first-order valence-electron chi connectivity index (χ1n) is 9.37. The second kappa shape index (κ2) is 8.69.